The fraction of sp³-hybridized carbons (Fsp3) is 0.409. The Hall–Kier alpha value is -2.55. The van der Waals surface area contributed by atoms with Crippen molar-refractivity contribution < 1.29 is 19.0 Å². The highest BCUT2D eigenvalue weighted by molar-refractivity contribution is 7.18. The van der Waals surface area contributed by atoms with Crippen LogP contribution in [0.1, 0.15) is 33.5 Å². The summed E-state index contributed by atoms with van der Waals surface area (Å²) in [5, 5.41) is 0.921. The third-order valence-corrected chi connectivity index (χ3v) is 6.17. The molecule has 1 saturated heterocycles. The average Bonchev–Trinajstić information content (AvgIpc) is 3.03. The van der Waals surface area contributed by atoms with Crippen molar-refractivity contribution in [2.75, 3.05) is 32.9 Å². The zero-order valence-electron chi connectivity index (χ0n) is 17.4. The molecule has 0 bridgehead atoms. The maximum Gasteiger partial charge on any atom is 0.338 e. The number of fused-ring (bicyclic) bond motifs is 1. The molecule has 0 N–H and O–H groups in total. The summed E-state index contributed by atoms with van der Waals surface area (Å²) in [5.74, 6) is 1.42. The molecule has 0 saturated carbocycles. The van der Waals surface area contributed by atoms with Crippen LogP contribution in [0.25, 0.3) is 10.2 Å². The maximum atomic E-state index is 12.1. The summed E-state index contributed by atoms with van der Waals surface area (Å²) in [7, 11) is 0. The molecule has 1 aromatic carbocycles. The van der Waals surface area contributed by atoms with Gasteiger partial charge in [0.15, 0.2) is 0 Å². The van der Waals surface area contributed by atoms with E-state index in [0.717, 1.165) is 47.9 Å². The second-order valence-electron chi connectivity index (χ2n) is 7.15. The first kappa shape index (κ1) is 20.7. The molecule has 0 amide bonds. The van der Waals surface area contributed by atoms with E-state index >= 15 is 0 Å². The van der Waals surface area contributed by atoms with Gasteiger partial charge < -0.3 is 14.2 Å². The molecule has 158 valence electrons. The lowest BCUT2D eigenvalue weighted by Crippen LogP contribution is -2.36. The van der Waals surface area contributed by atoms with Crippen molar-refractivity contribution in [1.29, 1.82) is 0 Å². The van der Waals surface area contributed by atoms with Crippen LogP contribution in [0.15, 0.2) is 24.3 Å². The van der Waals surface area contributed by atoms with Crippen LogP contribution in [0.4, 0.5) is 0 Å². The minimum Gasteiger partial charge on any atom is -0.462 e. The molecule has 7 nitrogen and oxygen atoms in total. The topological polar surface area (TPSA) is 73.8 Å². The van der Waals surface area contributed by atoms with E-state index in [1.54, 1.807) is 36.5 Å². The van der Waals surface area contributed by atoms with E-state index in [-0.39, 0.29) is 5.97 Å². The standard InChI is InChI=1S/C22H25N3O4S/c1-4-28-22(26)16-6-5-7-17(12-16)29-20-19-14(2)15(3)30-21(19)24-18(23-20)13-25-8-10-27-11-9-25/h5-7,12H,4,8-11,13H2,1-3H3. The molecule has 1 fully saturated rings. The van der Waals surface area contributed by atoms with Crippen LogP contribution < -0.4 is 4.74 Å². The number of aryl methyl sites for hydroxylation is 2. The lowest BCUT2D eigenvalue weighted by molar-refractivity contribution is 0.0330. The maximum absolute atomic E-state index is 12.1. The Balaban J connectivity index is 1.68. The Kier molecular flexibility index (Phi) is 6.26. The van der Waals surface area contributed by atoms with Gasteiger partial charge in [0, 0.05) is 18.0 Å². The molecule has 2 aromatic heterocycles. The number of esters is 1. The number of carbonyl (C=O) groups is 1. The smallest absolute Gasteiger partial charge is 0.338 e. The first-order valence-electron chi connectivity index (χ1n) is 10.1. The van der Waals surface area contributed by atoms with E-state index in [1.807, 2.05) is 6.07 Å². The Bertz CT molecular complexity index is 1060. The average molecular weight is 428 g/mol. The normalized spacial score (nSPS) is 14.8. The summed E-state index contributed by atoms with van der Waals surface area (Å²) in [6.45, 7) is 10.1. The van der Waals surface area contributed by atoms with Crippen LogP contribution in [0.2, 0.25) is 0 Å². The number of ether oxygens (including phenoxy) is 3. The number of aromatic nitrogens is 2. The quantitative estimate of drug-likeness (QED) is 0.548. The molecular weight excluding hydrogens is 402 g/mol. The van der Waals surface area contributed by atoms with Crippen molar-refractivity contribution in [3.8, 4) is 11.6 Å². The molecular formula is C22H25N3O4S. The van der Waals surface area contributed by atoms with Crippen molar-refractivity contribution in [2.45, 2.75) is 27.3 Å². The largest absolute Gasteiger partial charge is 0.462 e. The van der Waals surface area contributed by atoms with Crippen LogP contribution in [-0.4, -0.2) is 53.7 Å². The molecule has 4 rings (SSSR count). The van der Waals surface area contributed by atoms with Crippen LogP contribution >= 0.6 is 11.3 Å². The van der Waals surface area contributed by atoms with Gasteiger partial charge in [-0.25, -0.2) is 9.78 Å². The van der Waals surface area contributed by atoms with Gasteiger partial charge in [-0.2, -0.15) is 4.98 Å². The van der Waals surface area contributed by atoms with Crippen molar-refractivity contribution in [1.82, 2.24) is 14.9 Å². The summed E-state index contributed by atoms with van der Waals surface area (Å²) < 4.78 is 16.7. The number of carbonyl (C=O) groups excluding carboxylic acids is 1. The van der Waals surface area contributed by atoms with Gasteiger partial charge in [-0.15, -0.1) is 11.3 Å². The lowest BCUT2D eigenvalue weighted by atomic mass is 10.2. The van der Waals surface area contributed by atoms with Crippen molar-refractivity contribution >= 4 is 27.5 Å². The highest BCUT2D eigenvalue weighted by atomic mass is 32.1. The Morgan fingerprint density at radius 1 is 1.23 bits per heavy atom. The van der Waals surface area contributed by atoms with Crippen molar-refractivity contribution in [3.63, 3.8) is 0 Å². The minimum absolute atomic E-state index is 0.328. The molecule has 3 heterocycles. The molecule has 0 aliphatic carbocycles. The first-order valence-corrected chi connectivity index (χ1v) is 10.9. The molecule has 30 heavy (non-hydrogen) atoms. The van der Waals surface area contributed by atoms with E-state index in [9.17, 15) is 4.79 Å². The number of thiophene rings is 1. The van der Waals surface area contributed by atoms with Gasteiger partial charge in [-0.1, -0.05) is 6.07 Å². The third-order valence-electron chi connectivity index (χ3n) is 5.07. The van der Waals surface area contributed by atoms with Gasteiger partial charge in [0.2, 0.25) is 5.88 Å². The number of benzene rings is 1. The van der Waals surface area contributed by atoms with Gasteiger partial charge >= 0.3 is 5.97 Å². The predicted molar refractivity (Wildman–Crippen MR) is 115 cm³/mol. The van der Waals surface area contributed by atoms with Crippen LogP contribution in [-0.2, 0) is 16.0 Å². The van der Waals surface area contributed by atoms with Gasteiger partial charge in [-0.05, 0) is 44.5 Å². The van der Waals surface area contributed by atoms with E-state index in [1.165, 1.54) is 4.88 Å². The monoisotopic (exact) mass is 427 g/mol. The zero-order chi connectivity index (χ0) is 21.1. The van der Waals surface area contributed by atoms with E-state index in [4.69, 9.17) is 24.2 Å². The van der Waals surface area contributed by atoms with Gasteiger partial charge in [0.1, 0.15) is 16.4 Å². The summed E-state index contributed by atoms with van der Waals surface area (Å²) in [4.78, 5) is 26.0. The molecule has 0 radical (unpaired) electrons. The van der Waals surface area contributed by atoms with Crippen LogP contribution in [0, 0.1) is 13.8 Å². The number of rotatable bonds is 6. The van der Waals surface area contributed by atoms with E-state index in [2.05, 4.69) is 18.7 Å². The van der Waals surface area contributed by atoms with Crippen molar-refractivity contribution in [2.24, 2.45) is 0 Å². The second kappa shape index (κ2) is 9.07. The molecule has 1 aliphatic heterocycles. The number of morpholine rings is 1. The highest BCUT2D eigenvalue weighted by Crippen LogP contribution is 2.36. The number of hydrogen-bond donors (Lipinski definition) is 0. The lowest BCUT2D eigenvalue weighted by Gasteiger charge is -2.25. The van der Waals surface area contributed by atoms with E-state index < -0.39 is 0 Å². The zero-order valence-corrected chi connectivity index (χ0v) is 18.3. The fourth-order valence-corrected chi connectivity index (χ4v) is 4.41. The first-order chi connectivity index (χ1) is 14.5. The number of hydrogen-bond acceptors (Lipinski definition) is 8. The van der Waals surface area contributed by atoms with Crippen LogP contribution in [0.5, 0.6) is 11.6 Å². The van der Waals surface area contributed by atoms with Crippen molar-refractivity contribution in [3.05, 3.63) is 46.1 Å². The molecule has 8 heteroatoms. The van der Waals surface area contributed by atoms with Gasteiger partial charge in [-0.3, -0.25) is 4.90 Å². The summed E-state index contributed by atoms with van der Waals surface area (Å²) in [5.41, 5.74) is 1.57. The molecule has 0 spiro atoms. The molecule has 3 aromatic rings. The highest BCUT2D eigenvalue weighted by Gasteiger charge is 2.19. The summed E-state index contributed by atoms with van der Waals surface area (Å²) in [6, 6.07) is 6.99. The van der Waals surface area contributed by atoms with E-state index in [0.29, 0.717) is 30.3 Å². The Morgan fingerprint density at radius 2 is 2.03 bits per heavy atom. The van der Waals surface area contributed by atoms with Crippen LogP contribution in [0.3, 0.4) is 0 Å². The second-order valence-corrected chi connectivity index (χ2v) is 8.35. The summed E-state index contributed by atoms with van der Waals surface area (Å²) >= 11 is 1.65. The number of nitrogens with zero attached hydrogens (tertiary/aromatic N) is 3. The SMILES string of the molecule is CCOC(=O)c1cccc(Oc2nc(CN3CCOCC3)nc3sc(C)c(C)c23)c1. The summed E-state index contributed by atoms with van der Waals surface area (Å²) in [6.07, 6.45) is 0. The predicted octanol–water partition coefficient (Wildman–Crippen LogP) is 4.11. The molecule has 0 atom stereocenters. The Morgan fingerprint density at radius 3 is 2.80 bits per heavy atom. The van der Waals surface area contributed by atoms with Gasteiger partial charge in [0.25, 0.3) is 0 Å². The molecule has 0 unspecified atom stereocenters. The fourth-order valence-electron chi connectivity index (χ4n) is 3.37. The van der Waals surface area contributed by atoms with Gasteiger partial charge in [0.05, 0.1) is 37.3 Å². The minimum atomic E-state index is -0.369. The molecule has 1 aliphatic rings. The third kappa shape index (κ3) is 4.45. The Labute approximate surface area is 179 Å².